The zero-order valence-corrected chi connectivity index (χ0v) is 12.1. The number of benzene rings is 1. The summed E-state index contributed by atoms with van der Waals surface area (Å²) >= 11 is 3.24. The van der Waals surface area contributed by atoms with E-state index in [-0.39, 0.29) is 23.1 Å². The molecular formula is C13H13BrFN3O. The molecule has 0 fully saturated rings. The van der Waals surface area contributed by atoms with Crippen molar-refractivity contribution >= 4 is 21.7 Å². The second-order valence-corrected chi connectivity index (χ2v) is 5.35. The van der Waals surface area contributed by atoms with Crippen LogP contribution in [-0.2, 0) is 0 Å². The van der Waals surface area contributed by atoms with E-state index in [2.05, 4.69) is 25.9 Å². The van der Waals surface area contributed by atoms with Crippen molar-refractivity contribution in [1.29, 1.82) is 0 Å². The number of H-pyrrole nitrogens is 1. The highest BCUT2D eigenvalue weighted by atomic mass is 79.9. The van der Waals surface area contributed by atoms with E-state index in [1.807, 2.05) is 13.8 Å². The van der Waals surface area contributed by atoms with Gasteiger partial charge in [-0.1, -0.05) is 13.8 Å². The van der Waals surface area contributed by atoms with Gasteiger partial charge in [-0.05, 0) is 40.0 Å². The molecule has 1 aromatic carbocycles. The number of nitrogens with zero attached hydrogens (tertiary/aromatic N) is 1. The monoisotopic (exact) mass is 325 g/mol. The molecular weight excluding hydrogens is 313 g/mol. The summed E-state index contributed by atoms with van der Waals surface area (Å²) in [6.45, 7) is 3.74. The quantitative estimate of drug-likeness (QED) is 0.891. The molecule has 2 rings (SSSR count). The molecule has 3 N–H and O–H groups in total. The normalized spacial score (nSPS) is 11.0. The van der Waals surface area contributed by atoms with E-state index in [0.29, 0.717) is 21.4 Å². The summed E-state index contributed by atoms with van der Waals surface area (Å²) < 4.78 is 13.6. The Labute approximate surface area is 118 Å². The summed E-state index contributed by atoms with van der Waals surface area (Å²) in [5.74, 6) is 0.135. The molecule has 0 saturated carbocycles. The van der Waals surface area contributed by atoms with Gasteiger partial charge in [-0.25, -0.2) is 9.37 Å². The van der Waals surface area contributed by atoms with Gasteiger partial charge in [0.2, 0.25) is 0 Å². The molecule has 1 aromatic heterocycles. The smallest absolute Gasteiger partial charge is 0.256 e. The third-order valence-corrected chi connectivity index (χ3v) is 3.40. The summed E-state index contributed by atoms with van der Waals surface area (Å²) in [6.07, 6.45) is 0. The molecule has 0 aliphatic carbocycles. The van der Waals surface area contributed by atoms with Crippen molar-refractivity contribution < 1.29 is 4.39 Å². The van der Waals surface area contributed by atoms with E-state index in [4.69, 9.17) is 5.73 Å². The van der Waals surface area contributed by atoms with Crippen molar-refractivity contribution in [3.8, 4) is 11.4 Å². The van der Waals surface area contributed by atoms with Gasteiger partial charge >= 0.3 is 0 Å². The lowest BCUT2D eigenvalue weighted by molar-refractivity contribution is 0.627. The Morgan fingerprint density at radius 1 is 1.42 bits per heavy atom. The van der Waals surface area contributed by atoms with E-state index in [1.54, 1.807) is 0 Å². The molecule has 0 atom stereocenters. The summed E-state index contributed by atoms with van der Waals surface area (Å²) in [5, 5.41) is 0. The minimum absolute atomic E-state index is 0.0121. The average molecular weight is 326 g/mol. The number of anilines is 1. The number of hydrogen-bond donors (Lipinski definition) is 2. The van der Waals surface area contributed by atoms with E-state index in [1.165, 1.54) is 18.2 Å². The first-order valence-corrected chi connectivity index (χ1v) is 6.54. The van der Waals surface area contributed by atoms with Crippen LogP contribution in [0.25, 0.3) is 11.4 Å². The average Bonchev–Trinajstić information content (AvgIpc) is 2.26. The van der Waals surface area contributed by atoms with Crippen LogP contribution in [0.4, 0.5) is 10.2 Å². The van der Waals surface area contributed by atoms with Crippen LogP contribution in [-0.4, -0.2) is 9.97 Å². The maximum atomic E-state index is 13.0. The van der Waals surface area contributed by atoms with Crippen LogP contribution in [0.15, 0.2) is 27.5 Å². The molecule has 0 aliphatic heterocycles. The van der Waals surface area contributed by atoms with Gasteiger partial charge in [0.1, 0.15) is 17.5 Å². The van der Waals surface area contributed by atoms with Crippen molar-refractivity contribution in [2.75, 3.05) is 5.73 Å². The van der Waals surface area contributed by atoms with Gasteiger partial charge in [0, 0.05) is 10.0 Å². The van der Waals surface area contributed by atoms with Gasteiger partial charge in [0.05, 0.1) is 5.56 Å². The van der Waals surface area contributed by atoms with E-state index < -0.39 is 0 Å². The number of nitrogen functional groups attached to an aromatic ring is 1. The van der Waals surface area contributed by atoms with Crippen molar-refractivity contribution in [3.63, 3.8) is 0 Å². The van der Waals surface area contributed by atoms with Gasteiger partial charge in [-0.3, -0.25) is 4.79 Å². The Kier molecular flexibility index (Phi) is 3.71. The largest absolute Gasteiger partial charge is 0.383 e. The van der Waals surface area contributed by atoms with Crippen molar-refractivity contribution in [1.82, 2.24) is 9.97 Å². The molecule has 0 unspecified atom stereocenters. The maximum Gasteiger partial charge on any atom is 0.256 e. The van der Waals surface area contributed by atoms with Crippen LogP contribution >= 0.6 is 15.9 Å². The SMILES string of the molecule is CC(C)c1c(N)nc(-c2ccc(F)cc2Br)[nH]c1=O. The lowest BCUT2D eigenvalue weighted by Crippen LogP contribution is -2.19. The van der Waals surface area contributed by atoms with Crippen LogP contribution in [0.5, 0.6) is 0 Å². The first kappa shape index (κ1) is 13.7. The minimum atomic E-state index is -0.371. The lowest BCUT2D eigenvalue weighted by atomic mass is 10.1. The molecule has 100 valence electrons. The standard InChI is InChI=1S/C13H13BrFN3O/c1-6(2)10-11(16)17-12(18-13(10)19)8-4-3-7(15)5-9(8)14/h3-6H,1-2H3,(H3,16,17,18,19). The molecule has 0 amide bonds. The van der Waals surface area contributed by atoms with Gasteiger partial charge in [-0.2, -0.15) is 0 Å². The highest BCUT2D eigenvalue weighted by Crippen LogP contribution is 2.27. The second-order valence-electron chi connectivity index (χ2n) is 4.49. The van der Waals surface area contributed by atoms with Crippen LogP contribution in [0.3, 0.4) is 0 Å². The van der Waals surface area contributed by atoms with Crippen LogP contribution in [0.2, 0.25) is 0 Å². The van der Waals surface area contributed by atoms with Crippen LogP contribution in [0.1, 0.15) is 25.3 Å². The molecule has 0 bridgehead atoms. The topological polar surface area (TPSA) is 71.8 Å². The number of rotatable bonds is 2. The predicted octanol–water partition coefficient (Wildman–Crippen LogP) is 3.04. The van der Waals surface area contributed by atoms with Gasteiger partial charge < -0.3 is 10.7 Å². The molecule has 19 heavy (non-hydrogen) atoms. The maximum absolute atomic E-state index is 13.0. The Bertz CT molecular complexity index is 682. The van der Waals surface area contributed by atoms with Crippen LogP contribution in [0, 0.1) is 5.82 Å². The molecule has 0 aliphatic rings. The van der Waals surface area contributed by atoms with Gasteiger partial charge in [0.15, 0.2) is 0 Å². The number of hydrogen-bond acceptors (Lipinski definition) is 3. The molecule has 1 heterocycles. The van der Waals surface area contributed by atoms with E-state index in [9.17, 15) is 9.18 Å². The molecule has 0 spiro atoms. The Morgan fingerprint density at radius 2 is 2.11 bits per heavy atom. The highest BCUT2D eigenvalue weighted by Gasteiger charge is 2.14. The number of nitrogens with two attached hydrogens (primary N) is 1. The zero-order valence-electron chi connectivity index (χ0n) is 10.5. The van der Waals surface area contributed by atoms with E-state index >= 15 is 0 Å². The second kappa shape index (κ2) is 5.13. The summed E-state index contributed by atoms with van der Waals surface area (Å²) in [5.41, 5.74) is 6.59. The highest BCUT2D eigenvalue weighted by molar-refractivity contribution is 9.10. The number of aromatic amines is 1. The number of nitrogens with one attached hydrogen (secondary N) is 1. The Balaban J connectivity index is 2.62. The van der Waals surface area contributed by atoms with Gasteiger partial charge in [0.25, 0.3) is 5.56 Å². The molecule has 0 radical (unpaired) electrons. The predicted molar refractivity (Wildman–Crippen MR) is 76.5 cm³/mol. The fourth-order valence-corrected chi connectivity index (χ4v) is 2.41. The van der Waals surface area contributed by atoms with Crippen molar-refractivity contribution in [2.24, 2.45) is 0 Å². The first-order chi connectivity index (χ1) is 8.90. The summed E-state index contributed by atoms with van der Waals surface area (Å²) in [7, 11) is 0. The zero-order chi connectivity index (χ0) is 14.2. The molecule has 6 heteroatoms. The van der Waals surface area contributed by atoms with Crippen molar-refractivity contribution in [3.05, 3.63) is 44.4 Å². The fraction of sp³-hybridized carbons (Fsp3) is 0.231. The first-order valence-electron chi connectivity index (χ1n) is 5.75. The summed E-state index contributed by atoms with van der Waals surface area (Å²) in [4.78, 5) is 18.9. The molecule has 2 aromatic rings. The number of halogens is 2. The lowest BCUT2D eigenvalue weighted by Gasteiger charge is -2.10. The van der Waals surface area contributed by atoms with Gasteiger partial charge in [-0.15, -0.1) is 0 Å². The molecule has 4 nitrogen and oxygen atoms in total. The fourth-order valence-electron chi connectivity index (χ4n) is 1.87. The summed E-state index contributed by atoms with van der Waals surface area (Å²) in [6, 6.07) is 4.14. The Morgan fingerprint density at radius 3 is 2.63 bits per heavy atom. The minimum Gasteiger partial charge on any atom is -0.383 e. The third kappa shape index (κ3) is 2.68. The number of aromatic nitrogens is 2. The van der Waals surface area contributed by atoms with Crippen molar-refractivity contribution in [2.45, 2.75) is 19.8 Å². The van der Waals surface area contributed by atoms with E-state index in [0.717, 1.165) is 0 Å². The Hall–Kier alpha value is -1.69. The third-order valence-electron chi connectivity index (χ3n) is 2.75. The molecule has 0 saturated heterocycles. The van der Waals surface area contributed by atoms with Crippen LogP contribution < -0.4 is 11.3 Å².